The molecule has 0 bridgehead atoms. The number of benzene rings is 1. The van der Waals surface area contributed by atoms with Crippen LogP contribution >= 0.6 is 0 Å². The minimum Gasteiger partial charge on any atom is -0.387 e. The van der Waals surface area contributed by atoms with E-state index in [0.717, 1.165) is 37.3 Å². The van der Waals surface area contributed by atoms with Crippen LogP contribution in [0, 0.1) is 11.6 Å². The van der Waals surface area contributed by atoms with Gasteiger partial charge in [-0.3, -0.25) is 0 Å². The molecule has 1 aromatic heterocycles. The first-order valence-corrected chi connectivity index (χ1v) is 7.60. The first-order valence-electron chi connectivity index (χ1n) is 7.60. The molecule has 9 heteroatoms. The molecule has 1 aromatic carbocycles. The number of aryl methyl sites for hydroxylation is 1. The van der Waals surface area contributed by atoms with Crippen LogP contribution in [0.1, 0.15) is 29.7 Å². The zero-order valence-corrected chi connectivity index (χ0v) is 12.8. The number of aromatic nitrogens is 3. The fourth-order valence-electron chi connectivity index (χ4n) is 2.59. The third kappa shape index (κ3) is 3.51. The number of rotatable bonds is 5. The Morgan fingerprint density at radius 1 is 1.29 bits per heavy atom. The van der Waals surface area contributed by atoms with Gasteiger partial charge in [-0.1, -0.05) is 6.07 Å². The van der Waals surface area contributed by atoms with Crippen molar-refractivity contribution in [3.8, 4) is 0 Å². The summed E-state index contributed by atoms with van der Waals surface area (Å²) in [6, 6.07) is 2.60. The SMILES string of the molecule is O=C(NCc1nnc2n1CCC2)NCC(O)c1ccc(F)c(F)c1. The van der Waals surface area contributed by atoms with Gasteiger partial charge in [-0.25, -0.2) is 13.6 Å². The number of carbonyl (C=O) groups excluding carboxylic acids is 1. The van der Waals surface area contributed by atoms with Crippen molar-refractivity contribution >= 4 is 6.03 Å². The van der Waals surface area contributed by atoms with Gasteiger partial charge in [-0.2, -0.15) is 0 Å². The van der Waals surface area contributed by atoms with Crippen molar-refractivity contribution in [2.75, 3.05) is 6.54 Å². The molecule has 128 valence electrons. The number of urea groups is 1. The van der Waals surface area contributed by atoms with E-state index in [0.29, 0.717) is 5.82 Å². The molecule has 0 saturated carbocycles. The van der Waals surface area contributed by atoms with Crippen LogP contribution in [0.4, 0.5) is 13.6 Å². The second kappa shape index (κ2) is 6.91. The Morgan fingerprint density at radius 2 is 2.12 bits per heavy atom. The highest BCUT2D eigenvalue weighted by atomic mass is 19.2. The molecule has 0 spiro atoms. The Bertz CT molecular complexity index is 749. The van der Waals surface area contributed by atoms with Gasteiger partial charge in [0.05, 0.1) is 12.6 Å². The topological polar surface area (TPSA) is 92.1 Å². The lowest BCUT2D eigenvalue weighted by Gasteiger charge is -2.13. The minimum absolute atomic E-state index is 0.130. The van der Waals surface area contributed by atoms with Crippen LogP contribution in [0.2, 0.25) is 0 Å². The molecular weight excluding hydrogens is 320 g/mol. The molecule has 7 nitrogen and oxygen atoms in total. The van der Waals surface area contributed by atoms with Gasteiger partial charge in [-0.15, -0.1) is 10.2 Å². The third-order valence-corrected chi connectivity index (χ3v) is 3.88. The smallest absolute Gasteiger partial charge is 0.315 e. The number of nitrogens with zero attached hydrogens (tertiary/aromatic N) is 3. The van der Waals surface area contributed by atoms with Gasteiger partial charge in [0.1, 0.15) is 5.82 Å². The quantitative estimate of drug-likeness (QED) is 0.760. The first kappa shape index (κ1) is 16.3. The summed E-state index contributed by atoms with van der Waals surface area (Å²) in [5, 5.41) is 23.1. The van der Waals surface area contributed by atoms with Crippen molar-refractivity contribution < 1.29 is 18.7 Å². The van der Waals surface area contributed by atoms with E-state index in [1.807, 2.05) is 4.57 Å². The van der Waals surface area contributed by atoms with E-state index in [-0.39, 0.29) is 18.7 Å². The minimum atomic E-state index is -1.14. The van der Waals surface area contributed by atoms with Crippen molar-refractivity contribution in [3.63, 3.8) is 0 Å². The largest absolute Gasteiger partial charge is 0.387 e. The lowest BCUT2D eigenvalue weighted by atomic mass is 10.1. The summed E-state index contributed by atoms with van der Waals surface area (Å²) in [6.07, 6.45) is 0.771. The van der Waals surface area contributed by atoms with Gasteiger partial charge >= 0.3 is 6.03 Å². The molecule has 3 N–H and O–H groups in total. The fraction of sp³-hybridized carbons (Fsp3) is 0.400. The van der Waals surface area contributed by atoms with E-state index in [1.165, 1.54) is 6.07 Å². The average molecular weight is 337 g/mol. The van der Waals surface area contributed by atoms with Crippen molar-refractivity contribution in [1.82, 2.24) is 25.4 Å². The number of aliphatic hydroxyl groups is 1. The van der Waals surface area contributed by atoms with Gasteiger partial charge in [0, 0.05) is 19.5 Å². The summed E-state index contributed by atoms with van der Waals surface area (Å²) < 4.78 is 27.9. The van der Waals surface area contributed by atoms with Crippen LogP contribution in [0.25, 0.3) is 0 Å². The lowest BCUT2D eigenvalue weighted by molar-refractivity contribution is 0.172. The summed E-state index contributed by atoms with van der Waals surface area (Å²) in [6.45, 7) is 0.935. The van der Waals surface area contributed by atoms with Crippen molar-refractivity contribution in [1.29, 1.82) is 0 Å². The number of hydrogen-bond acceptors (Lipinski definition) is 4. The molecule has 0 fully saturated rings. The molecule has 2 amide bonds. The standard InChI is InChI=1S/C15H17F2N5O2/c16-10-4-3-9(6-11(10)17)12(23)7-18-15(24)19-8-14-21-20-13-2-1-5-22(13)14/h3-4,6,12,23H,1-2,5,7-8H2,(H2,18,19,24). The monoisotopic (exact) mass is 337 g/mol. The second-order valence-electron chi connectivity index (χ2n) is 5.54. The van der Waals surface area contributed by atoms with Gasteiger partial charge < -0.3 is 20.3 Å². The molecule has 2 heterocycles. The summed E-state index contributed by atoms with van der Waals surface area (Å²) in [4.78, 5) is 11.8. The Morgan fingerprint density at radius 3 is 2.92 bits per heavy atom. The second-order valence-corrected chi connectivity index (χ2v) is 5.54. The van der Waals surface area contributed by atoms with E-state index >= 15 is 0 Å². The van der Waals surface area contributed by atoms with Crippen LogP contribution in [0.15, 0.2) is 18.2 Å². The highest BCUT2D eigenvalue weighted by molar-refractivity contribution is 5.73. The Balaban J connectivity index is 1.47. The van der Waals surface area contributed by atoms with Gasteiger partial charge in [0.15, 0.2) is 17.5 Å². The van der Waals surface area contributed by atoms with Crippen LogP contribution in [-0.4, -0.2) is 32.4 Å². The zero-order chi connectivity index (χ0) is 17.1. The van der Waals surface area contributed by atoms with Crippen LogP contribution in [0.5, 0.6) is 0 Å². The Kier molecular flexibility index (Phi) is 4.70. The van der Waals surface area contributed by atoms with Crippen LogP contribution < -0.4 is 10.6 Å². The third-order valence-electron chi connectivity index (χ3n) is 3.88. The molecule has 0 saturated heterocycles. The molecule has 0 aliphatic carbocycles. The maximum atomic E-state index is 13.1. The van der Waals surface area contributed by atoms with E-state index in [9.17, 15) is 18.7 Å². The zero-order valence-electron chi connectivity index (χ0n) is 12.8. The molecule has 1 atom stereocenters. The van der Waals surface area contributed by atoms with E-state index in [4.69, 9.17) is 0 Å². The first-order chi connectivity index (χ1) is 11.5. The van der Waals surface area contributed by atoms with Gasteiger partial charge in [-0.05, 0) is 24.1 Å². The number of fused-ring (bicyclic) bond motifs is 1. The van der Waals surface area contributed by atoms with Gasteiger partial charge in [0.25, 0.3) is 0 Å². The van der Waals surface area contributed by atoms with Gasteiger partial charge in [0.2, 0.25) is 0 Å². The average Bonchev–Trinajstić information content (AvgIpc) is 3.17. The molecule has 0 radical (unpaired) electrons. The maximum absolute atomic E-state index is 13.1. The highest BCUT2D eigenvalue weighted by Gasteiger charge is 2.17. The number of amides is 2. The molecule has 1 aliphatic rings. The number of carbonyl (C=O) groups is 1. The van der Waals surface area contributed by atoms with Crippen molar-refractivity contribution in [2.24, 2.45) is 0 Å². The normalized spacial score (nSPS) is 14.3. The van der Waals surface area contributed by atoms with E-state index < -0.39 is 23.8 Å². The van der Waals surface area contributed by atoms with E-state index in [1.54, 1.807) is 0 Å². The number of hydrogen-bond donors (Lipinski definition) is 3. The van der Waals surface area contributed by atoms with Crippen molar-refractivity contribution in [3.05, 3.63) is 47.0 Å². The highest BCUT2D eigenvalue weighted by Crippen LogP contribution is 2.16. The Hall–Kier alpha value is -2.55. The molecular formula is C15H17F2N5O2. The predicted octanol–water partition coefficient (Wildman–Crippen LogP) is 1.04. The maximum Gasteiger partial charge on any atom is 0.315 e. The number of halogens is 2. The van der Waals surface area contributed by atoms with E-state index in [2.05, 4.69) is 20.8 Å². The molecule has 2 aromatic rings. The Labute approximate surface area is 136 Å². The summed E-state index contributed by atoms with van der Waals surface area (Å²) in [5.41, 5.74) is 0.185. The molecule has 1 aliphatic heterocycles. The molecule has 3 rings (SSSR count). The molecule has 24 heavy (non-hydrogen) atoms. The number of aliphatic hydroxyl groups excluding tert-OH is 1. The summed E-state index contributed by atoms with van der Waals surface area (Å²) in [7, 11) is 0. The van der Waals surface area contributed by atoms with Crippen molar-refractivity contribution in [2.45, 2.75) is 32.0 Å². The van der Waals surface area contributed by atoms with Crippen LogP contribution in [0.3, 0.4) is 0 Å². The number of nitrogens with one attached hydrogen (secondary N) is 2. The predicted molar refractivity (Wildman–Crippen MR) is 79.9 cm³/mol. The molecule has 1 unspecified atom stereocenters. The fourth-order valence-corrected chi connectivity index (χ4v) is 2.59. The van der Waals surface area contributed by atoms with Crippen LogP contribution in [-0.2, 0) is 19.5 Å². The summed E-state index contributed by atoms with van der Waals surface area (Å²) >= 11 is 0. The summed E-state index contributed by atoms with van der Waals surface area (Å²) in [5.74, 6) is -0.436. The lowest BCUT2D eigenvalue weighted by Crippen LogP contribution is -2.38.